The standard InChI is InChI=1S/C14H18O7/c1-7-5-6-10(17)13(4)12(19-8(2)15)20-11(18)14(7,13)21-9(3)16/h7,12H,5-6H2,1-4H3. The fraction of sp³-hybridized carbons (Fsp3) is 0.714. The summed E-state index contributed by atoms with van der Waals surface area (Å²) in [7, 11) is 0. The number of fused-ring (bicyclic) bond motifs is 1. The number of ketones is 1. The molecule has 1 saturated heterocycles. The Hall–Kier alpha value is -1.92. The lowest BCUT2D eigenvalue weighted by Crippen LogP contribution is -2.63. The van der Waals surface area contributed by atoms with Gasteiger partial charge in [0.15, 0.2) is 11.2 Å². The summed E-state index contributed by atoms with van der Waals surface area (Å²) in [4.78, 5) is 47.5. The molecular weight excluding hydrogens is 280 g/mol. The van der Waals surface area contributed by atoms with Crippen LogP contribution in [0.15, 0.2) is 0 Å². The van der Waals surface area contributed by atoms with Crippen LogP contribution in [0.5, 0.6) is 0 Å². The van der Waals surface area contributed by atoms with Crippen LogP contribution in [0.4, 0.5) is 0 Å². The minimum absolute atomic E-state index is 0.203. The summed E-state index contributed by atoms with van der Waals surface area (Å²) >= 11 is 0. The molecule has 2 fully saturated rings. The summed E-state index contributed by atoms with van der Waals surface area (Å²) < 4.78 is 15.4. The van der Waals surface area contributed by atoms with Gasteiger partial charge in [-0.3, -0.25) is 14.4 Å². The highest BCUT2D eigenvalue weighted by molar-refractivity contribution is 6.00. The molecule has 116 valence electrons. The molecule has 0 aromatic rings. The first kappa shape index (κ1) is 15.5. The maximum atomic E-state index is 12.5. The number of carbonyl (C=O) groups is 4. The zero-order valence-electron chi connectivity index (χ0n) is 12.4. The van der Waals surface area contributed by atoms with E-state index in [1.807, 2.05) is 0 Å². The Bertz CT molecular complexity index is 525. The van der Waals surface area contributed by atoms with Crippen LogP contribution in [0.1, 0.15) is 40.5 Å². The first-order valence-corrected chi connectivity index (χ1v) is 6.77. The number of hydrogen-bond donors (Lipinski definition) is 0. The number of Topliss-reactive ketones (excluding diaryl/α,β-unsaturated/α-hetero) is 1. The largest absolute Gasteiger partial charge is 0.445 e. The van der Waals surface area contributed by atoms with Gasteiger partial charge in [0, 0.05) is 26.2 Å². The Morgan fingerprint density at radius 3 is 2.38 bits per heavy atom. The van der Waals surface area contributed by atoms with Gasteiger partial charge in [0.25, 0.3) is 6.29 Å². The van der Waals surface area contributed by atoms with Crippen molar-refractivity contribution in [2.24, 2.45) is 11.3 Å². The van der Waals surface area contributed by atoms with E-state index in [1.54, 1.807) is 6.92 Å². The van der Waals surface area contributed by atoms with Crippen LogP contribution in [0.3, 0.4) is 0 Å². The first-order valence-electron chi connectivity index (χ1n) is 6.77. The Morgan fingerprint density at radius 1 is 1.24 bits per heavy atom. The van der Waals surface area contributed by atoms with Crippen molar-refractivity contribution < 1.29 is 33.4 Å². The number of rotatable bonds is 2. The lowest BCUT2D eigenvalue weighted by molar-refractivity contribution is -0.204. The molecule has 4 atom stereocenters. The number of esters is 3. The monoisotopic (exact) mass is 298 g/mol. The molecule has 0 radical (unpaired) electrons. The van der Waals surface area contributed by atoms with E-state index in [1.165, 1.54) is 6.92 Å². The summed E-state index contributed by atoms with van der Waals surface area (Å²) in [5, 5.41) is 0. The fourth-order valence-electron chi connectivity index (χ4n) is 3.32. The van der Waals surface area contributed by atoms with Crippen molar-refractivity contribution in [2.75, 3.05) is 0 Å². The molecule has 1 aliphatic carbocycles. The molecule has 1 heterocycles. The quantitative estimate of drug-likeness (QED) is 0.694. The van der Waals surface area contributed by atoms with Crippen molar-refractivity contribution >= 4 is 23.7 Å². The van der Waals surface area contributed by atoms with Gasteiger partial charge in [0.2, 0.25) is 5.60 Å². The topological polar surface area (TPSA) is 96.0 Å². The average Bonchev–Trinajstić information content (AvgIpc) is 2.57. The molecule has 0 aromatic carbocycles. The van der Waals surface area contributed by atoms with Gasteiger partial charge in [-0.25, -0.2) is 4.79 Å². The third-order valence-corrected chi connectivity index (χ3v) is 4.42. The van der Waals surface area contributed by atoms with Crippen molar-refractivity contribution in [3.05, 3.63) is 0 Å². The van der Waals surface area contributed by atoms with E-state index in [-0.39, 0.29) is 12.2 Å². The van der Waals surface area contributed by atoms with Gasteiger partial charge < -0.3 is 14.2 Å². The Balaban J connectivity index is 2.58. The van der Waals surface area contributed by atoms with Gasteiger partial charge in [-0.1, -0.05) is 6.92 Å². The highest BCUT2D eigenvalue weighted by Gasteiger charge is 2.76. The molecule has 21 heavy (non-hydrogen) atoms. The van der Waals surface area contributed by atoms with E-state index in [2.05, 4.69) is 0 Å². The average molecular weight is 298 g/mol. The minimum Gasteiger partial charge on any atom is -0.445 e. The van der Waals surface area contributed by atoms with Crippen LogP contribution in [-0.2, 0) is 33.4 Å². The third kappa shape index (κ3) is 1.94. The molecule has 1 saturated carbocycles. The summed E-state index contributed by atoms with van der Waals surface area (Å²) in [6, 6.07) is 0. The smallest absolute Gasteiger partial charge is 0.355 e. The van der Waals surface area contributed by atoms with Crippen molar-refractivity contribution in [3.63, 3.8) is 0 Å². The summed E-state index contributed by atoms with van der Waals surface area (Å²) in [6.45, 7) is 5.48. The fourth-order valence-corrected chi connectivity index (χ4v) is 3.32. The molecule has 7 heteroatoms. The molecule has 2 rings (SSSR count). The molecule has 2 aliphatic rings. The summed E-state index contributed by atoms with van der Waals surface area (Å²) in [5.74, 6) is -2.95. The first-order chi connectivity index (χ1) is 9.66. The van der Waals surface area contributed by atoms with Crippen LogP contribution in [0.25, 0.3) is 0 Å². The van der Waals surface area contributed by atoms with Crippen molar-refractivity contribution in [3.8, 4) is 0 Å². The predicted molar refractivity (Wildman–Crippen MR) is 67.7 cm³/mol. The van der Waals surface area contributed by atoms with E-state index in [9.17, 15) is 19.2 Å². The van der Waals surface area contributed by atoms with Gasteiger partial charge in [0.1, 0.15) is 0 Å². The maximum absolute atomic E-state index is 12.5. The second-order valence-corrected chi connectivity index (χ2v) is 5.74. The third-order valence-electron chi connectivity index (χ3n) is 4.42. The van der Waals surface area contributed by atoms with Crippen LogP contribution in [0, 0.1) is 11.3 Å². The van der Waals surface area contributed by atoms with Crippen LogP contribution in [0.2, 0.25) is 0 Å². The van der Waals surface area contributed by atoms with Crippen molar-refractivity contribution in [2.45, 2.75) is 52.4 Å². The molecule has 0 bridgehead atoms. The van der Waals surface area contributed by atoms with E-state index in [0.29, 0.717) is 6.42 Å². The Morgan fingerprint density at radius 2 is 1.86 bits per heavy atom. The normalized spacial score (nSPS) is 38.5. The number of ether oxygens (including phenoxy) is 3. The zero-order valence-corrected chi connectivity index (χ0v) is 12.4. The van der Waals surface area contributed by atoms with Crippen molar-refractivity contribution in [1.29, 1.82) is 0 Å². The van der Waals surface area contributed by atoms with Crippen LogP contribution in [-0.4, -0.2) is 35.6 Å². The SMILES string of the molecule is CC(=O)OC1OC(=O)C2(OC(C)=O)C(C)CCC(=O)C12C. The van der Waals surface area contributed by atoms with Gasteiger partial charge >= 0.3 is 17.9 Å². The summed E-state index contributed by atoms with van der Waals surface area (Å²) in [6.07, 6.45) is -0.782. The molecule has 7 nitrogen and oxygen atoms in total. The minimum atomic E-state index is -1.74. The maximum Gasteiger partial charge on any atom is 0.355 e. The summed E-state index contributed by atoms with van der Waals surface area (Å²) in [5.41, 5.74) is -3.27. The van der Waals surface area contributed by atoms with Crippen LogP contribution < -0.4 is 0 Å². The zero-order chi connectivity index (χ0) is 16.0. The van der Waals surface area contributed by atoms with Gasteiger partial charge in [-0.15, -0.1) is 0 Å². The second kappa shape index (κ2) is 4.82. The lowest BCUT2D eigenvalue weighted by atomic mass is 9.59. The molecule has 0 amide bonds. The molecule has 0 N–H and O–H groups in total. The Kier molecular flexibility index (Phi) is 3.55. The molecule has 4 unspecified atom stereocenters. The Labute approximate surface area is 121 Å². The van der Waals surface area contributed by atoms with E-state index < -0.39 is 41.1 Å². The highest BCUT2D eigenvalue weighted by Crippen LogP contribution is 2.55. The predicted octanol–water partition coefficient (Wildman–Crippen LogP) is 0.740. The van der Waals surface area contributed by atoms with Gasteiger partial charge in [0.05, 0.1) is 0 Å². The van der Waals surface area contributed by atoms with Gasteiger partial charge in [-0.05, 0) is 13.3 Å². The highest BCUT2D eigenvalue weighted by atomic mass is 16.7. The molecular formula is C14H18O7. The number of cyclic esters (lactones) is 1. The molecule has 0 aromatic heterocycles. The van der Waals surface area contributed by atoms with E-state index in [4.69, 9.17) is 14.2 Å². The lowest BCUT2D eigenvalue weighted by Gasteiger charge is -2.45. The second-order valence-electron chi connectivity index (χ2n) is 5.74. The van der Waals surface area contributed by atoms with Crippen LogP contribution >= 0.6 is 0 Å². The van der Waals surface area contributed by atoms with Crippen molar-refractivity contribution in [1.82, 2.24) is 0 Å². The molecule has 1 aliphatic heterocycles. The number of carbonyl (C=O) groups excluding carboxylic acids is 4. The molecule has 0 spiro atoms. The van der Waals surface area contributed by atoms with E-state index in [0.717, 1.165) is 13.8 Å². The van der Waals surface area contributed by atoms with E-state index >= 15 is 0 Å². The number of hydrogen-bond acceptors (Lipinski definition) is 7. The van der Waals surface area contributed by atoms with Gasteiger partial charge in [-0.2, -0.15) is 0 Å².